The lowest BCUT2D eigenvalue weighted by atomic mass is 10.00. The summed E-state index contributed by atoms with van der Waals surface area (Å²) in [6, 6.07) is 44.2. The molecule has 0 N–H and O–H groups in total. The van der Waals surface area contributed by atoms with Crippen LogP contribution in [0.15, 0.2) is 136 Å². The van der Waals surface area contributed by atoms with Crippen LogP contribution in [0.4, 0.5) is 0 Å². The lowest BCUT2D eigenvalue weighted by Crippen LogP contribution is -2.03. The quantitative estimate of drug-likeness (QED) is 0.206. The summed E-state index contributed by atoms with van der Waals surface area (Å²) in [6.07, 6.45) is 0. The summed E-state index contributed by atoms with van der Waals surface area (Å²) in [5.41, 5.74) is 7.81. The fraction of sp³-hybridized carbons (Fsp3) is 0. The smallest absolute Gasteiger partial charge is 0.236 e. The molecule has 5 nitrogen and oxygen atoms in total. The summed E-state index contributed by atoms with van der Waals surface area (Å²) >= 11 is 0. The van der Waals surface area contributed by atoms with Crippen molar-refractivity contribution in [2.24, 2.45) is 0 Å². The van der Waals surface area contributed by atoms with E-state index in [0.717, 1.165) is 87.6 Å². The average molecular weight is 576 g/mol. The van der Waals surface area contributed by atoms with Crippen molar-refractivity contribution in [1.82, 2.24) is 14.5 Å². The van der Waals surface area contributed by atoms with Crippen LogP contribution in [0.3, 0.4) is 0 Å². The molecule has 0 spiro atoms. The van der Waals surface area contributed by atoms with Gasteiger partial charge in [0.05, 0.1) is 11.0 Å². The highest BCUT2D eigenvalue weighted by atomic mass is 16.3. The van der Waals surface area contributed by atoms with E-state index in [2.05, 4.69) is 114 Å². The number of benzene rings is 7. The van der Waals surface area contributed by atoms with Crippen LogP contribution < -0.4 is 0 Å². The number of nitrogens with zero attached hydrogens (tertiary/aromatic N) is 3. The third kappa shape index (κ3) is 3.01. The number of hydrogen-bond acceptors (Lipinski definition) is 4. The zero-order valence-electron chi connectivity index (χ0n) is 23.8. The number of para-hydroxylation sites is 1. The molecular weight excluding hydrogens is 554 g/mol. The van der Waals surface area contributed by atoms with Crippen molar-refractivity contribution >= 4 is 87.4 Å². The molecule has 0 aliphatic carbocycles. The van der Waals surface area contributed by atoms with Gasteiger partial charge in [0.15, 0.2) is 5.58 Å². The maximum absolute atomic E-state index is 6.62. The zero-order chi connectivity index (χ0) is 29.2. The molecule has 0 radical (unpaired) electrons. The maximum atomic E-state index is 6.62. The van der Waals surface area contributed by atoms with E-state index in [1.807, 2.05) is 18.2 Å². The van der Waals surface area contributed by atoms with Crippen molar-refractivity contribution in [3.05, 3.63) is 127 Å². The normalized spacial score (nSPS) is 12.4. The van der Waals surface area contributed by atoms with E-state index in [0.29, 0.717) is 11.5 Å². The van der Waals surface area contributed by atoms with E-state index in [1.54, 1.807) is 0 Å². The summed E-state index contributed by atoms with van der Waals surface area (Å²) in [5, 5.41) is 10.1. The molecule has 11 aromatic rings. The first-order valence-electron chi connectivity index (χ1n) is 15.1. The number of furan rings is 1. The Morgan fingerprint density at radius 2 is 1.09 bits per heavy atom. The van der Waals surface area contributed by atoms with Crippen molar-refractivity contribution in [2.75, 3.05) is 0 Å². The van der Waals surface area contributed by atoms with Crippen molar-refractivity contribution in [1.29, 1.82) is 0 Å². The first-order chi connectivity index (χ1) is 22.3. The molecule has 5 heteroatoms. The molecule has 0 atom stereocenters. The van der Waals surface area contributed by atoms with Crippen LogP contribution in [-0.4, -0.2) is 14.5 Å². The molecule has 0 amide bonds. The molecule has 4 aromatic heterocycles. The van der Waals surface area contributed by atoms with Gasteiger partial charge in [-0.3, -0.25) is 4.57 Å². The fourth-order valence-corrected chi connectivity index (χ4v) is 7.39. The summed E-state index contributed by atoms with van der Waals surface area (Å²) < 4.78 is 15.3. The molecule has 7 aromatic carbocycles. The predicted molar refractivity (Wildman–Crippen MR) is 183 cm³/mol. The Bertz CT molecular complexity index is 2890. The van der Waals surface area contributed by atoms with Crippen LogP contribution >= 0.6 is 0 Å². The van der Waals surface area contributed by atoms with Gasteiger partial charge in [-0.25, -0.2) is 9.97 Å². The summed E-state index contributed by atoms with van der Waals surface area (Å²) in [7, 11) is 0. The third-order valence-corrected chi connectivity index (χ3v) is 9.35. The van der Waals surface area contributed by atoms with E-state index in [4.69, 9.17) is 18.8 Å². The van der Waals surface area contributed by atoms with E-state index in [9.17, 15) is 0 Å². The van der Waals surface area contributed by atoms with E-state index in [-0.39, 0.29) is 0 Å². The number of hydrogen-bond donors (Lipinski definition) is 0. The Balaban J connectivity index is 1.34. The SMILES string of the molecule is c1ccc2cc(-c3nc(-n4c5ccc6cccc7oc8cccc9ccc4c(c98)c5c67)nc4c3oc3ccccc34)ccc2c1. The molecule has 0 saturated carbocycles. The highest BCUT2D eigenvalue weighted by molar-refractivity contribution is 6.33. The van der Waals surface area contributed by atoms with Gasteiger partial charge >= 0.3 is 0 Å². The maximum Gasteiger partial charge on any atom is 0.236 e. The lowest BCUT2D eigenvalue weighted by molar-refractivity contribution is 0.664. The molecule has 0 bridgehead atoms. The lowest BCUT2D eigenvalue weighted by Gasteiger charge is -2.11. The molecular formula is C40H21N3O2. The Morgan fingerprint density at radius 1 is 0.467 bits per heavy atom. The number of rotatable bonds is 2. The summed E-state index contributed by atoms with van der Waals surface area (Å²) in [6.45, 7) is 0. The second-order valence-corrected chi connectivity index (χ2v) is 11.8. The highest BCUT2D eigenvalue weighted by Gasteiger charge is 2.24. The van der Waals surface area contributed by atoms with Gasteiger partial charge in [0, 0.05) is 32.5 Å². The first kappa shape index (κ1) is 23.3. The minimum Gasteiger partial charge on any atom is -0.456 e. The summed E-state index contributed by atoms with van der Waals surface area (Å²) in [4.78, 5) is 10.6. The average Bonchev–Trinajstić information content (AvgIpc) is 3.58. The van der Waals surface area contributed by atoms with E-state index >= 15 is 0 Å². The van der Waals surface area contributed by atoms with Crippen LogP contribution in [0.25, 0.3) is 105 Å². The van der Waals surface area contributed by atoms with Crippen LogP contribution in [-0.2, 0) is 0 Å². The fourth-order valence-electron chi connectivity index (χ4n) is 7.39. The molecule has 4 heterocycles. The second kappa shape index (κ2) is 8.24. The first-order valence-corrected chi connectivity index (χ1v) is 15.1. The molecule has 11 rings (SSSR count). The van der Waals surface area contributed by atoms with E-state index in [1.165, 1.54) is 5.39 Å². The minimum absolute atomic E-state index is 0.604. The third-order valence-electron chi connectivity index (χ3n) is 9.35. The molecule has 45 heavy (non-hydrogen) atoms. The topological polar surface area (TPSA) is 57.0 Å². The molecule has 0 unspecified atom stereocenters. The zero-order valence-corrected chi connectivity index (χ0v) is 23.8. The summed E-state index contributed by atoms with van der Waals surface area (Å²) in [5.74, 6) is 0.604. The van der Waals surface area contributed by atoms with Gasteiger partial charge < -0.3 is 8.83 Å². The highest BCUT2D eigenvalue weighted by Crippen LogP contribution is 2.45. The number of fused-ring (bicyclic) bond motifs is 4. The van der Waals surface area contributed by atoms with E-state index < -0.39 is 0 Å². The monoisotopic (exact) mass is 575 g/mol. The Labute approximate surface area is 254 Å². The molecule has 0 aliphatic heterocycles. The minimum atomic E-state index is 0.604. The van der Waals surface area contributed by atoms with Crippen molar-refractivity contribution < 1.29 is 8.83 Å². The second-order valence-electron chi connectivity index (χ2n) is 11.8. The van der Waals surface area contributed by atoms with Gasteiger partial charge in [-0.15, -0.1) is 0 Å². The molecule has 0 saturated heterocycles. The van der Waals surface area contributed by atoms with Gasteiger partial charge in [0.2, 0.25) is 5.95 Å². The van der Waals surface area contributed by atoms with Gasteiger partial charge in [0.25, 0.3) is 0 Å². The molecule has 0 fully saturated rings. The molecule has 208 valence electrons. The Morgan fingerprint density at radius 3 is 1.84 bits per heavy atom. The Kier molecular flexibility index (Phi) is 4.26. The van der Waals surface area contributed by atoms with Crippen molar-refractivity contribution in [3.63, 3.8) is 0 Å². The van der Waals surface area contributed by atoms with Crippen LogP contribution in [0.2, 0.25) is 0 Å². The van der Waals surface area contributed by atoms with Gasteiger partial charge in [-0.05, 0) is 64.0 Å². The van der Waals surface area contributed by atoms with Crippen molar-refractivity contribution in [3.8, 4) is 17.2 Å². The van der Waals surface area contributed by atoms with Gasteiger partial charge in [-0.2, -0.15) is 0 Å². The molecule has 0 aliphatic rings. The van der Waals surface area contributed by atoms with Crippen LogP contribution in [0.5, 0.6) is 0 Å². The van der Waals surface area contributed by atoms with Gasteiger partial charge in [-0.1, -0.05) is 84.9 Å². The van der Waals surface area contributed by atoms with Crippen LogP contribution in [0.1, 0.15) is 0 Å². The number of aromatic nitrogens is 3. The van der Waals surface area contributed by atoms with Gasteiger partial charge in [0.1, 0.15) is 28.0 Å². The largest absolute Gasteiger partial charge is 0.456 e. The Hall–Kier alpha value is -6.20. The predicted octanol–water partition coefficient (Wildman–Crippen LogP) is 10.8. The van der Waals surface area contributed by atoms with Crippen molar-refractivity contribution in [2.45, 2.75) is 0 Å². The van der Waals surface area contributed by atoms with Crippen LogP contribution in [0, 0.1) is 0 Å². The standard InChI is InChI=1S/C40H21N3O2/c1-2-8-25-21-26(16-15-22(25)7-1)37-39-38(27-11-3-4-12-30(27)45-39)42-40(41-37)43-28-19-17-23-9-5-13-31-33(23)35(28)36-29(43)20-18-24-10-6-14-32(44-31)34(24)36/h1-21H.